The van der Waals surface area contributed by atoms with E-state index in [0.717, 1.165) is 25.0 Å². The number of amides is 1. The highest BCUT2D eigenvalue weighted by Crippen LogP contribution is 2.34. The highest BCUT2D eigenvalue weighted by atomic mass is 19.4. The summed E-state index contributed by atoms with van der Waals surface area (Å²) in [6, 6.07) is 12.3. The summed E-state index contributed by atoms with van der Waals surface area (Å²) in [5.74, 6) is 1.83. The lowest BCUT2D eigenvalue weighted by molar-refractivity contribution is -0.137. The highest BCUT2D eigenvalue weighted by molar-refractivity contribution is 5.94. The van der Waals surface area contributed by atoms with Gasteiger partial charge in [0.1, 0.15) is 17.8 Å². The molecular weight excluding hydrogens is 485 g/mol. The number of halogens is 3. The zero-order chi connectivity index (χ0) is 26.0. The van der Waals surface area contributed by atoms with Crippen molar-refractivity contribution in [1.29, 1.82) is 0 Å². The van der Waals surface area contributed by atoms with Gasteiger partial charge in [-0.05, 0) is 80.3 Å². The number of hydrogen-bond acceptors (Lipinski definition) is 6. The predicted molar refractivity (Wildman–Crippen MR) is 127 cm³/mol. The van der Waals surface area contributed by atoms with Crippen molar-refractivity contribution in [2.75, 3.05) is 6.54 Å². The molecule has 11 heteroatoms. The van der Waals surface area contributed by atoms with Crippen LogP contribution in [-0.2, 0) is 6.18 Å². The van der Waals surface area contributed by atoms with E-state index in [2.05, 4.69) is 20.1 Å². The number of aromatic nitrogens is 5. The molecule has 0 aliphatic heterocycles. The fourth-order valence-corrected chi connectivity index (χ4v) is 3.90. The Morgan fingerprint density at radius 1 is 1.03 bits per heavy atom. The lowest BCUT2D eigenvalue weighted by Gasteiger charge is -2.29. The monoisotopic (exact) mass is 508 g/mol. The summed E-state index contributed by atoms with van der Waals surface area (Å²) >= 11 is 0. The van der Waals surface area contributed by atoms with E-state index in [1.807, 2.05) is 6.92 Å². The zero-order valence-corrected chi connectivity index (χ0v) is 19.8. The predicted octanol–water partition coefficient (Wildman–Crippen LogP) is 5.48. The molecule has 2 aromatic heterocycles. The van der Waals surface area contributed by atoms with Gasteiger partial charge in [-0.1, -0.05) is 0 Å². The summed E-state index contributed by atoms with van der Waals surface area (Å²) in [5.41, 5.74) is -0.297. The Morgan fingerprint density at radius 2 is 1.65 bits per heavy atom. The van der Waals surface area contributed by atoms with Crippen molar-refractivity contribution in [3.05, 3.63) is 90.3 Å². The first-order valence-corrected chi connectivity index (χ1v) is 11.7. The summed E-state index contributed by atoms with van der Waals surface area (Å²) in [7, 11) is 0. The van der Waals surface area contributed by atoms with E-state index in [1.54, 1.807) is 47.6 Å². The first-order valence-electron chi connectivity index (χ1n) is 11.7. The summed E-state index contributed by atoms with van der Waals surface area (Å²) in [6.45, 7) is 2.47. The first-order chi connectivity index (χ1) is 17.8. The molecular formula is C26H23F3N6O2. The van der Waals surface area contributed by atoms with Gasteiger partial charge in [0.2, 0.25) is 0 Å². The number of benzene rings is 2. The maximum absolute atomic E-state index is 13.6. The maximum atomic E-state index is 13.6. The number of carbonyl (C=O) groups is 1. The minimum atomic E-state index is -4.41. The second-order valence-corrected chi connectivity index (χ2v) is 8.80. The van der Waals surface area contributed by atoms with Crippen molar-refractivity contribution in [3.63, 3.8) is 0 Å². The van der Waals surface area contributed by atoms with Crippen LogP contribution in [0.5, 0.6) is 11.5 Å². The SMILES string of the molecule is CC(c1ncnn1-c1ncccn1)N(CC1CC1)C(=O)c1ccc(Oc2ccc(C(F)(F)F)cc2)cc1. The second kappa shape index (κ2) is 10.00. The third-order valence-corrected chi connectivity index (χ3v) is 6.09. The van der Waals surface area contributed by atoms with E-state index in [0.29, 0.717) is 35.5 Å². The number of rotatable bonds is 8. The van der Waals surface area contributed by atoms with Crippen molar-refractivity contribution >= 4 is 5.91 Å². The molecule has 0 radical (unpaired) electrons. The topological polar surface area (TPSA) is 86.0 Å². The van der Waals surface area contributed by atoms with Gasteiger partial charge in [-0.15, -0.1) is 0 Å². The summed E-state index contributed by atoms with van der Waals surface area (Å²) in [5, 5.41) is 4.25. The van der Waals surface area contributed by atoms with Crippen molar-refractivity contribution < 1.29 is 22.7 Å². The molecule has 2 aromatic carbocycles. The molecule has 0 N–H and O–H groups in total. The van der Waals surface area contributed by atoms with Crippen LogP contribution in [-0.4, -0.2) is 42.1 Å². The van der Waals surface area contributed by atoms with Crippen LogP contribution < -0.4 is 4.74 Å². The quantitative estimate of drug-likeness (QED) is 0.313. The molecule has 1 amide bonds. The van der Waals surface area contributed by atoms with E-state index >= 15 is 0 Å². The Kier molecular flexibility index (Phi) is 6.60. The highest BCUT2D eigenvalue weighted by Gasteiger charge is 2.33. The van der Waals surface area contributed by atoms with E-state index in [1.165, 1.54) is 23.1 Å². The van der Waals surface area contributed by atoms with Crippen LogP contribution in [0, 0.1) is 5.92 Å². The summed E-state index contributed by atoms with van der Waals surface area (Å²) in [6.07, 6.45) is 2.34. The Labute approximate surface area is 210 Å². The number of carbonyl (C=O) groups excluding carboxylic acids is 1. The molecule has 0 spiro atoms. The molecule has 0 bridgehead atoms. The molecule has 1 aliphatic carbocycles. The molecule has 1 unspecified atom stereocenters. The fourth-order valence-electron chi connectivity index (χ4n) is 3.90. The number of nitrogens with zero attached hydrogens (tertiary/aromatic N) is 6. The minimum Gasteiger partial charge on any atom is -0.457 e. The van der Waals surface area contributed by atoms with Gasteiger partial charge in [0.15, 0.2) is 5.82 Å². The summed E-state index contributed by atoms with van der Waals surface area (Å²) < 4.78 is 45.5. The largest absolute Gasteiger partial charge is 0.457 e. The molecule has 4 aromatic rings. The van der Waals surface area contributed by atoms with Crippen molar-refractivity contribution in [2.45, 2.75) is 32.0 Å². The Hall–Kier alpha value is -4.28. The summed E-state index contributed by atoms with van der Waals surface area (Å²) in [4.78, 5) is 28.2. The number of alkyl halides is 3. The van der Waals surface area contributed by atoms with E-state index in [9.17, 15) is 18.0 Å². The first kappa shape index (κ1) is 24.4. The average molecular weight is 509 g/mol. The molecule has 5 rings (SSSR count). The molecule has 37 heavy (non-hydrogen) atoms. The van der Waals surface area contributed by atoms with Gasteiger partial charge in [0, 0.05) is 24.5 Å². The Morgan fingerprint density at radius 3 is 2.24 bits per heavy atom. The standard InChI is InChI=1S/C26H23F3N6O2/c1-17(23-32-16-33-35(23)25-30-13-2-14-31-25)34(15-18-3-4-18)24(36)19-5-9-21(10-6-19)37-22-11-7-20(8-12-22)26(27,28)29/h2,5-14,16-18H,3-4,15H2,1H3. The maximum Gasteiger partial charge on any atom is 0.416 e. The third-order valence-electron chi connectivity index (χ3n) is 6.09. The molecule has 1 saturated carbocycles. The van der Waals surface area contributed by atoms with Gasteiger partial charge in [0.25, 0.3) is 11.9 Å². The smallest absolute Gasteiger partial charge is 0.416 e. The van der Waals surface area contributed by atoms with Crippen molar-refractivity contribution in [1.82, 2.24) is 29.6 Å². The number of hydrogen-bond donors (Lipinski definition) is 0. The third kappa shape index (κ3) is 5.60. The molecule has 0 saturated heterocycles. The van der Waals surface area contributed by atoms with E-state index in [4.69, 9.17) is 4.74 Å². The fraction of sp³-hybridized carbons (Fsp3) is 0.269. The van der Waals surface area contributed by atoms with Gasteiger partial charge in [-0.25, -0.2) is 15.0 Å². The lowest BCUT2D eigenvalue weighted by Crippen LogP contribution is -2.36. The van der Waals surface area contributed by atoms with Gasteiger partial charge < -0.3 is 9.64 Å². The van der Waals surface area contributed by atoms with Crippen LogP contribution in [0.2, 0.25) is 0 Å². The van der Waals surface area contributed by atoms with Crippen LogP contribution in [0.1, 0.15) is 47.6 Å². The van der Waals surface area contributed by atoms with Crippen molar-refractivity contribution in [3.8, 4) is 17.4 Å². The average Bonchev–Trinajstić information content (AvgIpc) is 3.59. The zero-order valence-electron chi connectivity index (χ0n) is 19.8. The Bertz CT molecular complexity index is 1350. The van der Waals surface area contributed by atoms with E-state index in [-0.39, 0.29) is 11.7 Å². The van der Waals surface area contributed by atoms with Crippen LogP contribution in [0.25, 0.3) is 5.95 Å². The van der Waals surface area contributed by atoms with Crippen molar-refractivity contribution in [2.24, 2.45) is 5.92 Å². The van der Waals surface area contributed by atoms with Gasteiger partial charge in [0.05, 0.1) is 11.6 Å². The molecule has 8 nitrogen and oxygen atoms in total. The molecule has 2 heterocycles. The molecule has 1 aliphatic rings. The minimum absolute atomic E-state index is 0.177. The molecule has 190 valence electrons. The normalized spacial score (nSPS) is 14.3. The van der Waals surface area contributed by atoms with Gasteiger partial charge in [-0.2, -0.15) is 23.0 Å². The molecule has 1 atom stereocenters. The van der Waals surface area contributed by atoms with Crippen LogP contribution in [0.15, 0.2) is 73.3 Å². The van der Waals surface area contributed by atoms with Crippen LogP contribution in [0.4, 0.5) is 13.2 Å². The van der Waals surface area contributed by atoms with Crippen LogP contribution >= 0.6 is 0 Å². The van der Waals surface area contributed by atoms with Gasteiger partial charge >= 0.3 is 6.18 Å². The number of ether oxygens (including phenoxy) is 1. The van der Waals surface area contributed by atoms with Crippen LogP contribution in [0.3, 0.4) is 0 Å². The molecule has 1 fully saturated rings. The van der Waals surface area contributed by atoms with Gasteiger partial charge in [-0.3, -0.25) is 4.79 Å². The van der Waals surface area contributed by atoms with E-state index < -0.39 is 17.8 Å². The second-order valence-electron chi connectivity index (χ2n) is 8.80. The Balaban J connectivity index is 1.33. The lowest BCUT2D eigenvalue weighted by atomic mass is 10.1.